The summed E-state index contributed by atoms with van der Waals surface area (Å²) < 4.78 is 52.8. The number of halogens is 3. The molecule has 1 fully saturated rings. The van der Waals surface area contributed by atoms with Crippen LogP contribution in [0.3, 0.4) is 0 Å². The van der Waals surface area contributed by atoms with Gasteiger partial charge < -0.3 is 19.5 Å². The molecule has 0 radical (unpaired) electrons. The van der Waals surface area contributed by atoms with Crippen molar-refractivity contribution in [3.63, 3.8) is 0 Å². The first-order valence-electron chi connectivity index (χ1n) is 11.9. The number of carbonyl (C=O) groups excluding carboxylic acids is 2. The Kier molecular flexibility index (Phi) is 8.94. The van der Waals surface area contributed by atoms with Crippen molar-refractivity contribution in [2.24, 2.45) is 11.8 Å². The Balaban J connectivity index is 2.07. The minimum absolute atomic E-state index is 0.0106. The molecule has 3 rings (SSSR count). The van der Waals surface area contributed by atoms with Crippen LogP contribution in [-0.4, -0.2) is 35.1 Å². The van der Waals surface area contributed by atoms with E-state index in [1.54, 1.807) is 13.8 Å². The largest absolute Gasteiger partial charge is 0.465 e. The Labute approximate surface area is 208 Å². The van der Waals surface area contributed by atoms with E-state index in [-0.39, 0.29) is 28.6 Å². The van der Waals surface area contributed by atoms with Crippen molar-refractivity contribution in [2.45, 2.75) is 65.5 Å². The molecule has 1 aromatic heterocycles. The SMILES string of the molecule is COC(=O)c1cc(Oc2nccc(CO)c2C(F)F)c(F)cc1N(C(=O)C1CCC(C)CC1)C(C)C. The third-order valence-corrected chi connectivity index (χ3v) is 6.47. The number of aromatic nitrogens is 1. The van der Waals surface area contributed by atoms with Crippen molar-refractivity contribution in [1.82, 2.24) is 4.98 Å². The minimum Gasteiger partial charge on any atom is -0.465 e. The van der Waals surface area contributed by atoms with Crippen LogP contribution in [0.2, 0.25) is 0 Å². The third kappa shape index (κ3) is 5.80. The van der Waals surface area contributed by atoms with Gasteiger partial charge in [-0.2, -0.15) is 0 Å². The van der Waals surface area contributed by atoms with E-state index in [0.29, 0.717) is 18.8 Å². The monoisotopic (exact) mass is 508 g/mol. The van der Waals surface area contributed by atoms with Crippen LogP contribution >= 0.6 is 0 Å². The molecular weight excluding hydrogens is 477 g/mol. The van der Waals surface area contributed by atoms with Crippen LogP contribution in [0.4, 0.5) is 18.9 Å². The van der Waals surface area contributed by atoms with E-state index in [2.05, 4.69) is 11.9 Å². The van der Waals surface area contributed by atoms with E-state index in [9.17, 15) is 23.5 Å². The number of rotatable bonds is 8. The van der Waals surface area contributed by atoms with Crippen LogP contribution in [0, 0.1) is 17.7 Å². The molecule has 2 aromatic rings. The van der Waals surface area contributed by atoms with Gasteiger partial charge in [0.1, 0.15) is 0 Å². The normalized spacial score (nSPS) is 17.8. The maximum atomic E-state index is 15.3. The number of anilines is 1. The summed E-state index contributed by atoms with van der Waals surface area (Å²) in [5, 5.41) is 9.40. The third-order valence-electron chi connectivity index (χ3n) is 6.47. The van der Waals surface area contributed by atoms with Crippen molar-refractivity contribution < 1.29 is 37.3 Å². The Morgan fingerprint density at radius 2 is 1.86 bits per heavy atom. The number of esters is 1. The number of hydrogen-bond acceptors (Lipinski definition) is 6. The molecule has 1 N–H and O–H groups in total. The number of benzene rings is 1. The molecule has 1 aliphatic rings. The zero-order valence-electron chi connectivity index (χ0n) is 20.8. The summed E-state index contributed by atoms with van der Waals surface area (Å²) in [6.45, 7) is 4.95. The molecule has 0 atom stereocenters. The molecule has 7 nitrogen and oxygen atoms in total. The summed E-state index contributed by atoms with van der Waals surface area (Å²) in [5.74, 6) is -2.93. The molecular formula is C26H31F3N2O5. The second kappa shape index (κ2) is 11.7. The number of alkyl halides is 2. The van der Waals surface area contributed by atoms with Crippen molar-refractivity contribution in [2.75, 3.05) is 12.0 Å². The Morgan fingerprint density at radius 3 is 2.42 bits per heavy atom. The summed E-state index contributed by atoms with van der Waals surface area (Å²) in [6, 6.07) is 2.79. The Morgan fingerprint density at radius 1 is 1.19 bits per heavy atom. The van der Waals surface area contributed by atoms with Gasteiger partial charge in [-0.05, 0) is 57.1 Å². The molecule has 0 saturated heterocycles. The summed E-state index contributed by atoms with van der Waals surface area (Å²) in [7, 11) is 1.14. The Bertz CT molecular complexity index is 1100. The van der Waals surface area contributed by atoms with Gasteiger partial charge in [-0.1, -0.05) is 6.92 Å². The van der Waals surface area contributed by atoms with Crippen LogP contribution in [0.15, 0.2) is 24.4 Å². The smallest absolute Gasteiger partial charge is 0.340 e. The number of nitrogens with zero attached hydrogens (tertiary/aromatic N) is 2. The van der Waals surface area contributed by atoms with Gasteiger partial charge in [0.25, 0.3) is 6.43 Å². The lowest BCUT2D eigenvalue weighted by atomic mass is 9.82. The predicted octanol–water partition coefficient (Wildman–Crippen LogP) is 5.80. The van der Waals surface area contributed by atoms with E-state index >= 15 is 4.39 Å². The lowest BCUT2D eigenvalue weighted by Crippen LogP contribution is -2.43. The van der Waals surface area contributed by atoms with Gasteiger partial charge in [0.05, 0.1) is 30.5 Å². The number of pyridine rings is 1. The fourth-order valence-electron chi connectivity index (χ4n) is 4.50. The summed E-state index contributed by atoms with van der Waals surface area (Å²) >= 11 is 0. The average Bonchev–Trinajstić information content (AvgIpc) is 2.84. The van der Waals surface area contributed by atoms with Crippen molar-refractivity contribution >= 4 is 17.6 Å². The topological polar surface area (TPSA) is 89.0 Å². The highest BCUT2D eigenvalue weighted by Crippen LogP contribution is 2.38. The lowest BCUT2D eigenvalue weighted by Gasteiger charge is -2.34. The van der Waals surface area contributed by atoms with Gasteiger partial charge in [0.15, 0.2) is 11.6 Å². The maximum Gasteiger partial charge on any atom is 0.340 e. The van der Waals surface area contributed by atoms with Gasteiger partial charge in [-0.25, -0.2) is 22.9 Å². The van der Waals surface area contributed by atoms with Gasteiger partial charge >= 0.3 is 5.97 Å². The summed E-state index contributed by atoms with van der Waals surface area (Å²) in [6.07, 6.45) is 1.29. The first-order chi connectivity index (χ1) is 17.1. The zero-order valence-corrected chi connectivity index (χ0v) is 20.8. The molecule has 0 bridgehead atoms. The van der Waals surface area contributed by atoms with Crippen LogP contribution in [0.1, 0.15) is 74.4 Å². The average molecular weight is 509 g/mol. The summed E-state index contributed by atoms with van der Waals surface area (Å²) in [5.41, 5.74) is -0.958. The molecule has 1 amide bonds. The van der Waals surface area contributed by atoms with E-state index < -0.39 is 48.1 Å². The van der Waals surface area contributed by atoms with Crippen molar-refractivity contribution in [1.29, 1.82) is 0 Å². The van der Waals surface area contributed by atoms with Crippen molar-refractivity contribution in [3.05, 3.63) is 46.9 Å². The number of ether oxygens (including phenoxy) is 2. The maximum absolute atomic E-state index is 15.3. The fourth-order valence-corrected chi connectivity index (χ4v) is 4.50. The molecule has 0 aliphatic heterocycles. The van der Waals surface area contributed by atoms with Gasteiger partial charge in [0.2, 0.25) is 11.8 Å². The first-order valence-corrected chi connectivity index (χ1v) is 11.9. The summed E-state index contributed by atoms with van der Waals surface area (Å²) in [4.78, 5) is 31.3. The molecule has 36 heavy (non-hydrogen) atoms. The number of methoxy groups -OCH3 is 1. The van der Waals surface area contributed by atoms with Crippen LogP contribution in [0.25, 0.3) is 0 Å². The number of aliphatic hydroxyl groups is 1. The Hall–Kier alpha value is -3.14. The standard InChI is InChI=1S/C26H31F3N2O5/c1-14(2)31(25(33)16-7-5-15(3)6-8-16)20-12-19(27)21(11-18(20)26(34)35-4)36-24-22(23(28)29)17(13-32)9-10-30-24/h9-12,14-16,23,32H,5-8,13H2,1-4H3. The van der Waals surface area contributed by atoms with Crippen molar-refractivity contribution in [3.8, 4) is 11.6 Å². The second-order valence-corrected chi connectivity index (χ2v) is 9.30. The number of amides is 1. The first kappa shape index (κ1) is 27.4. The van der Waals surface area contributed by atoms with Gasteiger partial charge in [-0.3, -0.25) is 4.79 Å². The molecule has 1 aliphatic carbocycles. The molecule has 0 spiro atoms. The van der Waals surface area contributed by atoms with E-state index in [1.807, 2.05) is 0 Å². The number of carbonyl (C=O) groups is 2. The molecule has 0 unspecified atom stereocenters. The van der Waals surface area contributed by atoms with Crippen LogP contribution < -0.4 is 9.64 Å². The minimum atomic E-state index is -3.05. The number of aliphatic hydroxyl groups excluding tert-OH is 1. The highest BCUT2D eigenvalue weighted by molar-refractivity contribution is 6.04. The zero-order chi connectivity index (χ0) is 26.6. The van der Waals surface area contributed by atoms with E-state index in [4.69, 9.17) is 9.47 Å². The van der Waals surface area contributed by atoms with Crippen LogP contribution in [-0.2, 0) is 16.1 Å². The predicted molar refractivity (Wildman–Crippen MR) is 127 cm³/mol. The second-order valence-electron chi connectivity index (χ2n) is 9.30. The van der Waals surface area contributed by atoms with E-state index in [0.717, 1.165) is 38.3 Å². The lowest BCUT2D eigenvalue weighted by molar-refractivity contribution is -0.123. The quantitative estimate of drug-likeness (QED) is 0.454. The fraction of sp³-hybridized carbons (Fsp3) is 0.500. The molecule has 10 heteroatoms. The highest BCUT2D eigenvalue weighted by Gasteiger charge is 2.33. The highest BCUT2D eigenvalue weighted by atomic mass is 19.3. The van der Waals surface area contributed by atoms with Gasteiger partial charge in [0, 0.05) is 30.3 Å². The van der Waals surface area contributed by atoms with E-state index in [1.165, 1.54) is 11.0 Å². The molecule has 1 heterocycles. The number of hydrogen-bond donors (Lipinski definition) is 1. The van der Waals surface area contributed by atoms with Crippen LogP contribution in [0.5, 0.6) is 11.6 Å². The molecule has 196 valence electrons. The molecule has 1 aromatic carbocycles. The molecule has 1 saturated carbocycles. The van der Waals surface area contributed by atoms with Gasteiger partial charge in [-0.15, -0.1) is 0 Å².